The van der Waals surface area contributed by atoms with Crippen LogP contribution in [0.4, 0.5) is 10.1 Å². The molecule has 1 saturated heterocycles. The summed E-state index contributed by atoms with van der Waals surface area (Å²) < 4.78 is 18.9. The normalized spacial score (nSPS) is 15.6. The minimum absolute atomic E-state index is 0.190. The van der Waals surface area contributed by atoms with Crippen molar-refractivity contribution in [1.29, 1.82) is 0 Å². The van der Waals surface area contributed by atoms with E-state index in [2.05, 4.69) is 36.1 Å². The molecule has 0 saturated carbocycles. The van der Waals surface area contributed by atoms with Gasteiger partial charge in [-0.25, -0.2) is 14.0 Å². The first-order valence-corrected chi connectivity index (χ1v) is 13.3. The van der Waals surface area contributed by atoms with Gasteiger partial charge in [0.2, 0.25) is 0 Å². The molecule has 41 heavy (non-hydrogen) atoms. The third kappa shape index (κ3) is 6.13. The molecule has 3 heterocycles. The number of piperidine rings is 1. The van der Waals surface area contributed by atoms with Crippen molar-refractivity contribution in [3.63, 3.8) is 0 Å². The number of carboxylic acid groups (broad SMARTS) is 2. The second kappa shape index (κ2) is 11.5. The van der Waals surface area contributed by atoms with Crippen LogP contribution in [-0.4, -0.2) is 52.2 Å². The van der Waals surface area contributed by atoms with Gasteiger partial charge >= 0.3 is 11.9 Å². The summed E-state index contributed by atoms with van der Waals surface area (Å²) in [5.41, 5.74) is 5.31. The second-order valence-electron chi connectivity index (χ2n) is 11.0. The quantitative estimate of drug-likeness (QED) is 0.293. The van der Waals surface area contributed by atoms with Gasteiger partial charge in [-0.15, -0.1) is 0 Å². The SMILES string of the molecule is CCc1c2c(cc(N3CCC(c4noc5cc(F)ccc45)CC3)c1C(C)(C)C)C(=O)NC2=O.O=C(O)C=CC(=O)O. The van der Waals surface area contributed by atoms with E-state index in [9.17, 15) is 23.6 Å². The number of carbonyl (C=O) groups is 4. The Morgan fingerprint density at radius 1 is 1.10 bits per heavy atom. The highest BCUT2D eigenvalue weighted by atomic mass is 19.1. The highest BCUT2D eigenvalue weighted by Crippen LogP contribution is 2.42. The first kappa shape index (κ1) is 29.4. The number of hydrogen-bond donors (Lipinski definition) is 3. The number of nitrogens with one attached hydrogen (secondary N) is 1. The van der Waals surface area contributed by atoms with Gasteiger partial charge in [0.05, 0.1) is 16.8 Å². The van der Waals surface area contributed by atoms with Gasteiger partial charge in [0.15, 0.2) is 5.58 Å². The molecular weight excluding hydrogens is 533 g/mol. The monoisotopic (exact) mass is 565 g/mol. The molecule has 1 aromatic heterocycles. The van der Waals surface area contributed by atoms with E-state index in [0.29, 0.717) is 35.3 Å². The number of aliphatic carboxylic acids is 2. The van der Waals surface area contributed by atoms with Crippen molar-refractivity contribution < 1.29 is 38.3 Å². The first-order valence-electron chi connectivity index (χ1n) is 13.3. The van der Waals surface area contributed by atoms with E-state index >= 15 is 0 Å². The van der Waals surface area contributed by atoms with Crippen molar-refractivity contribution in [2.75, 3.05) is 18.0 Å². The van der Waals surface area contributed by atoms with Crippen LogP contribution in [0.2, 0.25) is 0 Å². The van der Waals surface area contributed by atoms with E-state index in [1.165, 1.54) is 12.1 Å². The number of benzene rings is 2. The van der Waals surface area contributed by atoms with Crippen LogP contribution in [0.5, 0.6) is 0 Å². The highest BCUT2D eigenvalue weighted by Gasteiger charge is 2.37. The fourth-order valence-electron chi connectivity index (χ4n) is 5.60. The maximum atomic E-state index is 13.5. The molecule has 2 amide bonds. The fourth-order valence-corrected chi connectivity index (χ4v) is 5.60. The second-order valence-corrected chi connectivity index (χ2v) is 11.0. The lowest BCUT2D eigenvalue weighted by Crippen LogP contribution is -2.35. The van der Waals surface area contributed by atoms with Crippen molar-refractivity contribution in [3.8, 4) is 0 Å². The number of anilines is 1. The Bertz CT molecular complexity index is 1540. The molecule has 3 aromatic rings. The van der Waals surface area contributed by atoms with Crippen molar-refractivity contribution in [2.45, 2.75) is 58.3 Å². The molecule has 5 rings (SSSR count). The molecule has 0 bridgehead atoms. The molecule has 11 heteroatoms. The number of halogens is 1. The predicted molar refractivity (Wildman–Crippen MR) is 149 cm³/mol. The Labute approximate surface area is 235 Å². The molecule has 2 aromatic carbocycles. The number of carbonyl (C=O) groups excluding carboxylic acids is 2. The first-order chi connectivity index (χ1) is 19.3. The molecule has 0 atom stereocenters. The molecule has 0 unspecified atom stereocenters. The summed E-state index contributed by atoms with van der Waals surface area (Å²) in [5.74, 6) is -3.24. The lowest BCUT2D eigenvalue weighted by Gasteiger charge is -2.38. The summed E-state index contributed by atoms with van der Waals surface area (Å²) in [7, 11) is 0. The maximum Gasteiger partial charge on any atom is 0.328 e. The zero-order valence-corrected chi connectivity index (χ0v) is 23.3. The molecule has 1 fully saturated rings. The Morgan fingerprint density at radius 2 is 1.73 bits per heavy atom. The molecule has 3 N–H and O–H groups in total. The van der Waals surface area contributed by atoms with Crippen LogP contribution < -0.4 is 10.2 Å². The number of hydrogen-bond acceptors (Lipinski definition) is 7. The van der Waals surface area contributed by atoms with E-state index in [4.69, 9.17) is 14.7 Å². The minimum atomic E-state index is -1.26. The topological polar surface area (TPSA) is 150 Å². The molecular formula is C30H32FN3O7. The number of nitrogens with zero attached hydrogens (tertiary/aromatic N) is 2. The van der Waals surface area contributed by atoms with Gasteiger partial charge in [-0.2, -0.15) is 0 Å². The number of amides is 2. The van der Waals surface area contributed by atoms with Crippen LogP contribution in [-0.2, 0) is 21.4 Å². The molecule has 0 spiro atoms. The van der Waals surface area contributed by atoms with Gasteiger partial charge in [0, 0.05) is 48.3 Å². The third-order valence-electron chi connectivity index (χ3n) is 7.27. The Hall–Kier alpha value is -4.54. The fraction of sp³-hybridized carbons (Fsp3) is 0.367. The van der Waals surface area contributed by atoms with Crippen molar-refractivity contribution in [2.24, 2.45) is 0 Å². The maximum absolute atomic E-state index is 13.5. The van der Waals surface area contributed by atoms with E-state index < -0.39 is 11.9 Å². The number of rotatable bonds is 5. The molecule has 0 radical (unpaired) electrons. The molecule has 10 nitrogen and oxygen atoms in total. The van der Waals surface area contributed by atoms with E-state index in [1.807, 2.05) is 13.0 Å². The van der Waals surface area contributed by atoms with Gasteiger partial charge < -0.3 is 19.6 Å². The third-order valence-corrected chi connectivity index (χ3v) is 7.27. The Morgan fingerprint density at radius 3 is 2.29 bits per heavy atom. The van der Waals surface area contributed by atoms with Gasteiger partial charge in [0.1, 0.15) is 5.82 Å². The zero-order chi connectivity index (χ0) is 30.1. The summed E-state index contributed by atoms with van der Waals surface area (Å²) in [6.07, 6.45) is 3.53. The summed E-state index contributed by atoms with van der Waals surface area (Å²) >= 11 is 0. The highest BCUT2D eigenvalue weighted by molar-refractivity contribution is 6.22. The molecule has 216 valence electrons. The number of aromatic nitrogens is 1. The van der Waals surface area contributed by atoms with Crippen LogP contribution in [0.1, 0.15) is 84.0 Å². The average Bonchev–Trinajstić information content (AvgIpc) is 3.45. The summed E-state index contributed by atoms with van der Waals surface area (Å²) in [4.78, 5) is 46.5. The summed E-state index contributed by atoms with van der Waals surface area (Å²) in [6, 6.07) is 6.46. The standard InChI is InChI=1S/C26H28FN3O3.C4H4O4/c1-5-16-21-18(24(31)28-25(21)32)13-19(22(16)26(2,3)4)30-10-8-14(9-11-30)23-17-7-6-15(27)12-20(17)33-29-23;5-3(6)1-2-4(7)8/h6-7,12-14H,5,8-11H2,1-4H3,(H,28,31,32);1-2H,(H,5,6)(H,7,8). The van der Waals surface area contributed by atoms with Crippen molar-refractivity contribution in [3.05, 3.63) is 70.2 Å². The predicted octanol–water partition coefficient (Wildman–Crippen LogP) is 4.81. The largest absolute Gasteiger partial charge is 0.478 e. The number of imide groups is 1. The van der Waals surface area contributed by atoms with Crippen LogP contribution in [0, 0.1) is 5.82 Å². The van der Waals surface area contributed by atoms with Crippen LogP contribution >= 0.6 is 0 Å². The Kier molecular flexibility index (Phi) is 8.27. The Balaban J connectivity index is 0.000000426. The van der Waals surface area contributed by atoms with Crippen molar-refractivity contribution >= 4 is 40.4 Å². The van der Waals surface area contributed by atoms with Crippen LogP contribution in [0.15, 0.2) is 40.9 Å². The van der Waals surface area contributed by atoms with Gasteiger partial charge in [0.25, 0.3) is 11.8 Å². The van der Waals surface area contributed by atoms with Gasteiger partial charge in [-0.1, -0.05) is 32.9 Å². The van der Waals surface area contributed by atoms with Crippen molar-refractivity contribution in [1.82, 2.24) is 10.5 Å². The lowest BCUT2D eigenvalue weighted by molar-refractivity contribution is -0.134. The van der Waals surface area contributed by atoms with Gasteiger partial charge in [-0.3, -0.25) is 14.9 Å². The average molecular weight is 566 g/mol. The van der Waals surface area contributed by atoms with E-state index in [0.717, 1.165) is 53.8 Å². The minimum Gasteiger partial charge on any atom is -0.478 e. The molecule has 2 aliphatic heterocycles. The molecule has 0 aliphatic carbocycles. The summed E-state index contributed by atoms with van der Waals surface area (Å²) in [6.45, 7) is 10.1. The van der Waals surface area contributed by atoms with Gasteiger partial charge in [-0.05, 0) is 54.0 Å². The molecule has 2 aliphatic rings. The van der Waals surface area contributed by atoms with Crippen LogP contribution in [0.25, 0.3) is 11.0 Å². The number of fused-ring (bicyclic) bond motifs is 2. The summed E-state index contributed by atoms with van der Waals surface area (Å²) in [5, 5.41) is 23.2. The van der Waals surface area contributed by atoms with Crippen LogP contribution in [0.3, 0.4) is 0 Å². The van der Waals surface area contributed by atoms with E-state index in [-0.39, 0.29) is 29.0 Å². The number of carboxylic acids is 2. The van der Waals surface area contributed by atoms with E-state index in [1.54, 1.807) is 6.07 Å². The zero-order valence-electron chi connectivity index (χ0n) is 23.3. The smallest absolute Gasteiger partial charge is 0.328 e. The lowest BCUT2D eigenvalue weighted by atomic mass is 9.78.